The largest absolute Gasteiger partial charge is 0.481 e. The molecule has 1 aliphatic heterocycles. The molecule has 2 rings (SSSR count). The number of amides is 2. The van der Waals surface area contributed by atoms with Gasteiger partial charge in [-0.05, 0) is 53.6 Å². The Balaban J connectivity index is 1.98. The first-order valence-corrected chi connectivity index (χ1v) is 7.10. The van der Waals surface area contributed by atoms with Gasteiger partial charge < -0.3 is 15.3 Å². The summed E-state index contributed by atoms with van der Waals surface area (Å²) in [5, 5.41) is 11.7. The van der Waals surface area contributed by atoms with Gasteiger partial charge in [-0.3, -0.25) is 4.79 Å². The van der Waals surface area contributed by atoms with Gasteiger partial charge in [-0.15, -0.1) is 0 Å². The minimum Gasteiger partial charge on any atom is -0.481 e. The molecule has 2 N–H and O–H groups in total. The van der Waals surface area contributed by atoms with Crippen molar-refractivity contribution in [3.63, 3.8) is 0 Å². The molecule has 1 unspecified atom stereocenters. The second kappa shape index (κ2) is 5.77. The number of hydrogen-bond donors (Lipinski definition) is 2. The number of anilines is 1. The molecule has 0 saturated carbocycles. The van der Waals surface area contributed by atoms with Crippen molar-refractivity contribution in [2.24, 2.45) is 5.92 Å². The first-order chi connectivity index (χ1) is 8.97. The zero-order valence-electron chi connectivity index (χ0n) is 10.5. The van der Waals surface area contributed by atoms with Crippen LogP contribution in [0.2, 0.25) is 0 Å². The predicted molar refractivity (Wildman–Crippen MR) is 80.2 cm³/mol. The summed E-state index contributed by atoms with van der Waals surface area (Å²) in [4.78, 5) is 24.4. The number of hydrogen-bond acceptors (Lipinski definition) is 2. The number of likely N-dealkylation sites (tertiary alicyclic amines) is 1. The van der Waals surface area contributed by atoms with Gasteiger partial charge in [0.05, 0.1) is 5.92 Å². The number of carboxylic acids is 1. The van der Waals surface area contributed by atoms with Crippen molar-refractivity contribution in [2.75, 3.05) is 18.4 Å². The predicted octanol–water partition coefficient (Wildman–Crippen LogP) is 2.54. The molecular weight excluding hydrogens is 359 g/mol. The number of nitrogens with one attached hydrogen (secondary N) is 1. The van der Waals surface area contributed by atoms with E-state index in [9.17, 15) is 9.59 Å². The van der Waals surface area contributed by atoms with E-state index in [2.05, 4.69) is 27.9 Å². The maximum atomic E-state index is 12.0. The number of urea groups is 1. The molecule has 1 saturated heterocycles. The van der Waals surface area contributed by atoms with Gasteiger partial charge in [0.1, 0.15) is 0 Å². The summed E-state index contributed by atoms with van der Waals surface area (Å²) >= 11 is 2.21. The van der Waals surface area contributed by atoms with Crippen LogP contribution < -0.4 is 5.32 Å². The molecule has 0 aliphatic carbocycles. The zero-order chi connectivity index (χ0) is 14.0. The molecule has 6 heteroatoms. The van der Waals surface area contributed by atoms with Crippen LogP contribution in [0.1, 0.15) is 12.0 Å². The van der Waals surface area contributed by atoms with E-state index in [0.717, 1.165) is 14.8 Å². The number of carboxylic acid groups (broad SMARTS) is 1. The molecule has 1 aromatic carbocycles. The summed E-state index contributed by atoms with van der Waals surface area (Å²) in [6, 6.07) is 5.46. The van der Waals surface area contributed by atoms with Gasteiger partial charge in [-0.1, -0.05) is 6.07 Å². The monoisotopic (exact) mass is 374 g/mol. The van der Waals surface area contributed by atoms with Crippen LogP contribution in [0.4, 0.5) is 10.5 Å². The van der Waals surface area contributed by atoms with Crippen LogP contribution in [-0.4, -0.2) is 35.1 Å². The topological polar surface area (TPSA) is 69.6 Å². The van der Waals surface area contributed by atoms with Gasteiger partial charge >= 0.3 is 12.0 Å². The quantitative estimate of drug-likeness (QED) is 0.782. The number of carbonyl (C=O) groups is 2. The van der Waals surface area contributed by atoms with Crippen LogP contribution in [-0.2, 0) is 4.79 Å². The van der Waals surface area contributed by atoms with E-state index < -0.39 is 11.9 Å². The Morgan fingerprint density at radius 1 is 1.47 bits per heavy atom. The van der Waals surface area contributed by atoms with E-state index in [0.29, 0.717) is 13.0 Å². The molecule has 1 fully saturated rings. The fraction of sp³-hybridized carbons (Fsp3) is 0.385. The Kier molecular flexibility index (Phi) is 4.28. The standard InChI is InChI=1S/C13H15IN2O3/c1-8-2-3-10(6-11(8)14)15-13(19)16-5-4-9(7-16)12(17)18/h2-3,6,9H,4-5,7H2,1H3,(H,15,19)(H,17,18). The number of carbonyl (C=O) groups excluding carboxylic acids is 1. The second-order valence-corrected chi connectivity index (χ2v) is 5.83. The third kappa shape index (κ3) is 3.37. The van der Waals surface area contributed by atoms with Crippen molar-refractivity contribution < 1.29 is 14.7 Å². The molecule has 5 nitrogen and oxygen atoms in total. The van der Waals surface area contributed by atoms with Crippen molar-refractivity contribution in [1.29, 1.82) is 0 Å². The maximum absolute atomic E-state index is 12.0. The van der Waals surface area contributed by atoms with E-state index in [1.807, 2.05) is 25.1 Å². The molecule has 0 bridgehead atoms. The molecule has 1 aliphatic rings. The van der Waals surface area contributed by atoms with Crippen molar-refractivity contribution in [2.45, 2.75) is 13.3 Å². The van der Waals surface area contributed by atoms with Crippen LogP contribution in [0.5, 0.6) is 0 Å². The van der Waals surface area contributed by atoms with Gasteiger partial charge in [0, 0.05) is 22.3 Å². The van der Waals surface area contributed by atoms with Crippen LogP contribution in [0.25, 0.3) is 0 Å². The smallest absolute Gasteiger partial charge is 0.321 e. The highest BCUT2D eigenvalue weighted by atomic mass is 127. The summed E-state index contributed by atoms with van der Waals surface area (Å²) in [5.41, 5.74) is 1.89. The Hall–Kier alpha value is -1.31. The van der Waals surface area contributed by atoms with Gasteiger partial charge in [0.15, 0.2) is 0 Å². The molecule has 0 spiro atoms. The summed E-state index contributed by atoms with van der Waals surface area (Å²) in [7, 11) is 0. The number of aryl methyl sites for hydroxylation is 1. The third-order valence-corrected chi connectivity index (χ3v) is 4.41. The lowest BCUT2D eigenvalue weighted by molar-refractivity contribution is -0.141. The number of benzene rings is 1. The summed E-state index contributed by atoms with van der Waals surface area (Å²) in [5.74, 6) is -1.27. The first-order valence-electron chi connectivity index (χ1n) is 6.02. The Labute approximate surface area is 125 Å². The molecule has 1 atom stereocenters. The van der Waals surface area contributed by atoms with Gasteiger partial charge in [-0.2, -0.15) is 0 Å². The van der Waals surface area contributed by atoms with Crippen molar-refractivity contribution >= 4 is 40.3 Å². The minimum absolute atomic E-state index is 0.233. The Morgan fingerprint density at radius 3 is 2.79 bits per heavy atom. The van der Waals surface area contributed by atoms with E-state index >= 15 is 0 Å². The Bertz CT molecular complexity index is 519. The van der Waals surface area contributed by atoms with Gasteiger partial charge in [0.25, 0.3) is 0 Å². The molecule has 102 valence electrons. The lowest BCUT2D eigenvalue weighted by atomic mass is 10.1. The lowest BCUT2D eigenvalue weighted by Crippen LogP contribution is -2.33. The summed E-state index contributed by atoms with van der Waals surface area (Å²) < 4.78 is 1.08. The number of nitrogens with zero attached hydrogens (tertiary/aromatic N) is 1. The Morgan fingerprint density at radius 2 is 2.21 bits per heavy atom. The maximum Gasteiger partial charge on any atom is 0.321 e. The van der Waals surface area contributed by atoms with Crippen LogP contribution in [0, 0.1) is 16.4 Å². The second-order valence-electron chi connectivity index (χ2n) is 4.66. The number of halogens is 1. The molecular formula is C13H15IN2O3. The molecule has 19 heavy (non-hydrogen) atoms. The fourth-order valence-corrected chi connectivity index (χ4v) is 2.53. The SMILES string of the molecule is Cc1ccc(NC(=O)N2CCC(C(=O)O)C2)cc1I. The molecule has 0 radical (unpaired) electrons. The van der Waals surface area contributed by atoms with Crippen molar-refractivity contribution in [3.8, 4) is 0 Å². The van der Waals surface area contributed by atoms with Gasteiger partial charge in [0.2, 0.25) is 0 Å². The highest BCUT2D eigenvalue weighted by Gasteiger charge is 2.30. The van der Waals surface area contributed by atoms with Crippen LogP contribution in [0.3, 0.4) is 0 Å². The van der Waals surface area contributed by atoms with Crippen molar-refractivity contribution in [3.05, 3.63) is 27.3 Å². The zero-order valence-corrected chi connectivity index (χ0v) is 12.7. The molecule has 0 aromatic heterocycles. The fourth-order valence-electron chi connectivity index (χ4n) is 2.02. The van der Waals surface area contributed by atoms with E-state index in [1.54, 1.807) is 4.90 Å². The minimum atomic E-state index is -0.833. The highest BCUT2D eigenvalue weighted by molar-refractivity contribution is 14.1. The van der Waals surface area contributed by atoms with Crippen LogP contribution in [0.15, 0.2) is 18.2 Å². The molecule has 1 heterocycles. The average molecular weight is 374 g/mol. The summed E-state index contributed by atoms with van der Waals surface area (Å²) in [6.45, 7) is 2.78. The molecule has 1 aromatic rings. The summed E-state index contributed by atoms with van der Waals surface area (Å²) in [6.07, 6.45) is 0.522. The normalized spacial score (nSPS) is 18.4. The molecule has 2 amide bonds. The third-order valence-electron chi connectivity index (χ3n) is 3.25. The van der Waals surface area contributed by atoms with Gasteiger partial charge in [-0.25, -0.2) is 4.79 Å². The highest BCUT2D eigenvalue weighted by Crippen LogP contribution is 2.20. The average Bonchev–Trinajstić information content (AvgIpc) is 2.83. The first kappa shape index (κ1) is 14.1. The van der Waals surface area contributed by atoms with Crippen LogP contribution >= 0.6 is 22.6 Å². The van der Waals surface area contributed by atoms with E-state index in [4.69, 9.17) is 5.11 Å². The number of aliphatic carboxylic acids is 1. The van der Waals surface area contributed by atoms with Crippen molar-refractivity contribution in [1.82, 2.24) is 4.90 Å². The lowest BCUT2D eigenvalue weighted by Gasteiger charge is -2.17. The number of rotatable bonds is 2. The van der Waals surface area contributed by atoms with E-state index in [-0.39, 0.29) is 12.6 Å². The van der Waals surface area contributed by atoms with E-state index in [1.165, 1.54) is 0 Å².